The number of thioether (sulfide) groups is 1. The van der Waals surface area contributed by atoms with Crippen molar-refractivity contribution >= 4 is 45.8 Å². The van der Waals surface area contributed by atoms with Crippen molar-refractivity contribution < 1.29 is 19.0 Å². The monoisotopic (exact) mass is 553 g/mol. The van der Waals surface area contributed by atoms with Crippen LogP contribution in [0, 0.1) is 6.92 Å². The van der Waals surface area contributed by atoms with Crippen molar-refractivity contribution in [1.29, 1.82) is 0 Å². The van der Waals surface area contributed by atoms with Gasteiger partial charge in [-0.25, -0.2) is 4.63 Å². The maximum absolute atomic E-state index is 12.8. The molecular formula is C32H31N3O4S. The molecule has 0 N–H and O–H groups in total. The van der Waals surface area contributed by atoms with E-state index in [1.165, 1.54) is 10.5 Å². The van der Waals surface area contributed by atoms with Gasteiger partial charge in [-0.05, 0) is 88.6 Å². The fourth-order valence-corrected chi connectivity index (χ4v) is 5.65. The standard InChI is InChI=1S/C32H31N3O4S/c1-3-22-9-11-24(12-10-22)20-28-31(37)35(32(38)40-28)18-6-4-5-7-27(36)25-16-13-23(14-17-25)19-26-15-8-21(2)29-30(26)34-39-33-29/h8-17,20H,3-7,18-19H2,1-2H3/b28-20-. The van der Waals surface area contributed by atoms with Crippen LogP contribution >= 0.6 is 11.8 Å². The fourth-order valence-electron chi connectivity index (χ4n) is 4.78. The summed E-state index contributed by atoms with van der Waals surface area (Å²) in [5.41, 5.74) is 7.50. The smallest absolute Gasteiger partial charge is 0.293 e. The first-order valence-electron chi connectivity index (χ1n) is 13.6. The average molecular weight is 554 g/mol. The van der Waals surface area contributed by atoms with Gasteiger partial charge in [-0.15, -0.1) is 0 Å². The summed E-state index contributed by atoms with van der Waals surface area (Å²) in [6.07, 6.45) is 5.97. The summed E-state index contributed by atoms with van der Waals surface area (Å²) in [4.78, 5) is 39.7. The normalized spacial score (nSPS) is 14.6. The molecule has 3 aromatic carbocycles. The van der Waals surface area contributed by atoms with Gasteiger partial charge in [0.15, 0.2) is 5.78 Å². The number of carbonyl (C=O) groups is 3. The number of aromatic nitrogens is 2. The molecule has 2 heterocycles. The first-order chi connectivity index (χ1) is 19.4. The zero-order chi connectivity index (χ0) is 28.1. The maximum atomic E-state index is 12.8. The number of ketones is 1. The van der Waals surface area contributed by atoms with Gasteiger partial charge in [0.1, 0.15) is 11.0 Å². The highest BCUT2D eigenvalue weighted by Gasteiger charge is 2.34. The number of fused-ring (bicyclic) bond motifs is 1. The van der Waals surface area contributed by atoms with Crippen molar-refractivity contribution in [2.24, 2.45) is 0 Å². The third-order valence-corrected chi connectivity index (χ3v) is 8.12. The van der Waals surface area contributed by atoms with Gasteiger partial charge >= 0.3 is 0 Å². The van der Waals surface area contributed by atoms with Crippen molar-refractivity contribution in [3.8, 4) is 0 Å². The lowest BCUT2D eigenvalue weighted by Crippen LogP contribution is -2.29. The Morgan fingerprint density at radius 1 is 0.900 bits per heavy atom. The molecule has 40 heavy (non-hydrogen) atoms. The molecule has 1 saturated heterocycles. The molecule has 4 aromatic rings. The van der Waals surface area contributed by atoms with Gasteiger partial charge in [-0.3, -0.25) is 19.3 Å². The van der Waals surface area contributed by atoms with Crippen molar-refractivity contribution in [2.75, 3.05) is 6.54 Å². The van der Waals surface area contributed by atoms with Crippen molar-refractivity contribution in [2.45, 2.75) is 52.4 Å². The van der Waals surface area contributed by atoms with Gasteiger partial charge in [-0.2, -0.15) is 0 Å². The highest BCUT2D eigenvalue weighted by Crippen LogP contribution is 2.32. The lowest BCUT2D eigenvalue weighted by molar-refractivity contribution is -0.122. The second kappa shape index (κ2) is 12.4. The quantitative estimate of drug-likeness (QED) is 0.110. The predicted molar refractivity (Wildman–Crippen MR) is 157 cm³/mol. The Morgan fingerprint density at radius 3 is 2.38 bits per heavy atom. The number of rotatable bonds is 11. The van der Waals surface area contributed by atoms with E-state index in [0.717, 1.165) is 57.9 Å². The Balaban J connectivity index is 1.07. The molecule has 2 amide bonds. The minimum atomic E-state index is -0.239. The summed E-state index contributed by atoms with van der Waals surface area (Å²) in [5.74, 6) is -0.148. The Labute approximate surface area is 237 Å². The predicted octanol–water partition coefficient (Wildman–Crippen LogP) is 7.16. The number of imide groups is 1. The van der Waals surface area contributed by atoms with Crippen LogP contribution in [0.2, 0.25) is 0 Å². The molecule has 7 nitrogen and oxygen atoms in total. The first kappa shape index (κ1) is 27.5. The van der Waals surface area contributed by atoms with E-state index in [2.05, 4.69) is 17.2 Å². The van der Waals surface area contributed by atoms with E-state index in [4.69, 9.17) is 4.63 Å². The number of Topliss-reactive ketones (excluding diaryl/α,β-unsaturated/α-hetero) is 1. The van der Waals surface area contributed by atoms with Gasteiger partial charge in [0.05, 0.1) is 4.91 Å². The van der Waals surface area contributed by atoms with Crippen LogP contribution in [0.3, 0.4) is 0 Å². The van der Waals surface area contributed by atoms with Crippen LogP contribution in [0.25, 0.3) is 17.1 Å². The van der Waals surface area contributed by atoms with Gasteiger partial charge in [0.25, 0.3) is 11.1 Å². The summed E-state index contributed by atoms with van der Waals surface area (Å²) in [7, 11) is 0. The fraction of sp³-hybridized carbons (Fsp3) is 0.281. The third kappa shape index (κ3) is 6.23. The van der Waals surface area contributed by atoms with E-state index in [0.29, 0.717) is 42.7 Å². The number of hydrogen-bond donors (Lipinski definition) is 0. The Morgan fingerprint density at radius 2 is 1.62 bits per heavy atom. The molecule has 0 bridgehead atoms. The number of hydrogen-bond acceptors (Lipinski definition) is 7. The lowest BCUT2D eigenvalue weighted by atomic mass is 9.99. The van der Waals surface area contributed by atoms with Crippen LogP contribution in [0.4, 0.5) is 4.79 Å². The minimum Gasteiger partial charge on any atom is -0.294 e. The molecule has 204 valence electrons. The lowest BCUT2D eigenvalue weighted by Gasteiger charge is -2.12. The molecule has 0 unspecified atom stereocenters. The number of benzene rings is 3. The van der Waals surface area contributed by atoms with Gasteiger partial charge in [0.2, 0.25) is 0 Å². The van der Waals surface area contributed by atoms with E-state index in [1.54, 1.807) is 6.08 Å². The van der Waals surface area contributed by atoms with Crippen molar-refractivity contribution in [1.82, 2.24) is 15.2 Å². The van der Waals surface area contributed by atoms with Gasteiger partial charge < -0.3 is 0 Å². The SMILES string of the molecule is CCc1ccc(/C=C2\SC(=O)N(CCCCCC(=O)c3ccc(Cc4ccc(C)c5nonc45)cc3)C2=O)cc1. The van der Waals surface area contributed by atoms with Gasteiger partial charge in [-0.1, -0.05) is 74.0 Å². The third-order valence-electron chi connectivity index (χ3n) is 7.22. The Hall–Kier alpha value is -4.04. The number of amides is 2. The Bertz CT molecular complexity index is 1570. The largest absolute Gasteiger partial charge is 0.294 e. The number of carbonyl (C=O) groups excluding carboxylic acids is 3. The summed E-state index contributed by atoms with van der Waals surface area (Å²) in [5, 5.41) is 7.79. The van der Waals surface area contributed by atoms with Crippen LogP contribution in [0.15, 0.2) is 70.2 Å². The van der Waals surface area contributed by atoms with E-state index in [9.17, 15) is 14.4 Å². The molecule has 0 radical (unpaired) electrons. The highest BCUT2D eigenvalue weighted by atomic mass is 32.2. The average Bonchev–Trinajstić information content (AvgIpc) is 3.57. The zero-order valence-corrected chi connectivity index (χ0v) is 23.5. The Kier molecular flexibility index (Phi) is 8.55. The molecule has 1 aliphatic rings. The van der Waals surface area contributed by atoms with E-state index in [1.807, 2.05) is 67.6 Å². The molecule has 0 spiro atoms. The van der Waals surface area contributed by atoms with E-state index >= 15 is 0 Å². The first-order valence-corrected chi connectivity index (χ1v) is 14.4. The second-order valence-corrected chi connectivity index (χ2v) is 11.0. The van der Waals surface area contributed by atoms with Gasteiger partial charge in [0, 0.05) is 18.5 Å². The second-order valence-electron chi connectivity index (χ2n) is 10.0. The summed E-state index contributed by atoms with van der Waals surface area (Å²) in [6, 6.07) is 19.7. The molecule has 0 saturated carbocycles. The van der Waals surface area contributed by atoms with Crippen molar-refractivity contribution in [3.63, 3.8) is 0 Å². The summed E-state index contributed by atoms with van der Waals surface area (Å²) < 4.78 is 4.92. The van der Waals surface area contributed by atoms with Crippen molar-refractivity contribution in [3.05, 3.63) is 98.9 Å². The molecule has 1 aliphatic heterocycles. The molecule has 8 heteroatoms. The number of aryl methyl sites for hydroxylation is 2. The summed E-state index contributed by atoms with van der Waals surface area (Å²) in [6.45, 7) is 4.44. The minimum absolute atomic E-state index is 0.0909. The van der Waals surface area contributed by atoms with Crippen LogP contribution in [0.5, 0.6) is 0 Å². The topological polar surface area (TPSA) is 93.4 Å². The van der Waals surface area contributed by atoms with E-state index in [-0.39, 0.29) is 16.9 Å². The van der Waals surface area contributed by atoms with Crippen LogP contribution in [0.1, 0.15) is 70.8 Å². The maximum Gasteiger partial charge on any atom is 0.293 e. The zero-order valence-electron chi connectivity index (χ0n) is 22.7. The molecule has 1 aromatic heterocycles. The molecule has 5 rings (SSSR count). The van der Waals surface area contributed by atoms with E-state index < -0.39 is 0 Å². The molecule has 0 aliphatic carbocycles. The van der Waals surface area contributed by atoms with Crippen LogP contribution in [-0.2, 0) is 17.6 Å². The highest BCUT2D eigenvalue weighted by molar-refractivity contribution is 8.18. The molecule has 0 atom stereocenters. The molecular weight excluding hydrogens is 522 g/mol. The summed E-state index contributed by atoms with van der Waals surface area (Å²) >= 11 is 0.989. The molecule has 1 fully saturated rings. The number of nitrogens with zero attached hydrogens (tertiary/aromatic N) is 3. The van der Waals surface area contributed by atoms with Crippen LogP contribution in [-0.4, -0.2) is 38.7 Å². The number of unbranched alkanes of at least 4 members (excludes halogenated alkanes) is 2. The van der Waals surface area contributed by atoms with Crippen LogP contribution < -0.4 is 0 Å².